The lowest BCUT2D eigenvalue weighted by Crippen LogP contribution is -2.40. The topological polar surface area (TPSA) is 76.5 Å². The Bertz CT molecular complexity index is 1180. The molecule has 7 heteroatoms. The number of aromatic nitrogens is 2. The molecule has 1 N–H and O–H groups in total. The van der Waals surface area contributed by atoms with E-state index in [2.05, 4.69) is 32.2 Å². The molecule has 36 heavy (non-hydrogen) atoms. The molecule has 0 saturated carbocycles. The molecule has 0 aliphatic heterocycles. The van der Waals surface area contributed by atoms with Gasteiger partial charge in [0.05, 0.1) is 24.5 Å². The fourth-order valence-corrected chi connectivity index (χ4v) is 3.97. The first-order chi connectivity index (χ1) is 17.1. The Kier molecular flexibility index (Phi) is 9.04. The molecule has 0 fully saturated rings. The van der Waals surface area contributed by atoms with E-state index in [1.807, 2.05) is 62.4 Å². The number of rotatable bonds is 10. The maximum absolute atomic E-state index is 13.2. The van der Waals surface area contributed by atoms with Gasteiger partial charge in [0.2, 0.25) is 11.8 Å². The van der Waals surface area contributed by atoms with Crippen molar-refractivity contribution < 1.29 is 14.3 Å². The van der Waals surface area contributed by atoms with Crippen molar-refractivity contribution in [1.82, 2.24) is 14.7 Å². The van der Waals surface area contributed by atoms with Crippen molar-refractivity contribution in [3.8, 4) is 5.69 Å². The van der Waals surface area contributed by atoms with Gasteiger partial charge in [0.1, 0.15) is 5.82 Å². The second-order valence-electron chi connectivity index (χ2n) is 10.2. The fourth-order valence-electron chi connectivity index (χ4n) is 3.97. The van der Waals surface area contributed by atoms with Crippen molar-refractivity contribution in [1.29, 1.82) is 0 Å². The standard InChI is InChI=1S/C29H38N4O3/c1-21-12-14-24(22(2)18-21)33-26(19-25(31-33)29(3,4)5)30-27(34)20-32(16-17-36-6)28(35)15-13-23-10-8-7-9-11-23/h7-12,14,18-19H,13,15-17,20H2,1-6H3,(H,30,34). The summed E-state index contributed by atoms with van der Waals surface area (Å²) in [6, 6.07) is 17.9. The molecule has 0 bridgehead atoms. The molecule has 2 aromatic carbocycles. The minimum absolute atomic E-state index is 0.0557. The third-order valence-electron chi connectivity index (χ3n) is 6.05. The number of anilines is 1. The number of hydrogen-bond donors (Lipinski definition) is 1. The SMILES string of the molecule is COCCN(CC(=O)Nc1cc(C(C)(C)C)nn1-c1ccc(C)cc1C)C(=O)CCc1ccccc1. The summed E-state index contributed by atoms with van der Waals surface area (Å²) >= 11 is 0. The van der Waals surface area contributed by atoms with Gasteiger partial charge in [-0.2, -0.15) is 5.10 Å². The number of methoxy groups -OCH3 is 1. The van der Waals surface area contributed by atoms with E-state index in [-0.39, 0.29) is 23.8 Å². The van der Waals surface area contributed by atoms with Gasteiger partial charge < -0.3 is 15.0 Å². The maximum atomic E-state index is 13.2. The Morgan fingerprint density at radius 2 is 1.78 bits per heavy atom. The summed E-state index contributed by atoms with van der Waals surface area (Å²) in [5.41, 5.74) is 4.89. The van der Waals surface area contributed by atoms with Crippen LogP contribution in [0.4, 0.5) is 5.82 Å². The van der Waals surface area contributed by atoms with E-state index in [0.717, 1.165) is 28.1 Å². The monoisotopic (exact) mass is 490 g/mol. The lowest BCUT2D eigenvalue weighted by Gasteiger charge is -2.22. The van der Waals surface area contributed by atoms with Crippen molar-refractivity contribution in [2.75, 3.05) is 32.1 Å². The summed E-state index contributed by atoms with van der Waals surface area (Å²) in [6.45, 7) is 11.0. The highest BCUT2D eigenvalue weighted by molar-refractivity contribution is 5.94. The van der Waals surface area contributed by atoms with E-state index in [1.165, 1.54) is 0 Å². The zero-order valence-electron chi connectivity index (χ0n) is 22.3. The first-order valence-corrected chi connectivity index (χ1v) is 12.4. The Balaban J connectivity index is 1.79. The number of amides is 2. The predicted octanol–water partition coefficient (Wildman–Crippen LogP) is 4.83. The van der Waals surface area contributed by atoms with Crippen molar-refractivity contribution in [2.24, 2.45) is 0 Å². The molecule has 0 radical (unpaired) electrons. The number of nitrogens with zero attached hydrogens (tertiary/aromatic N) is 3. The third-order valence-corrected chi connectivity index (χ3v) is 6.05. The highest BCUT2D eigenvalue weighted by atomic mass is 16.5. The second-order valence-corrected chi connectivity index (χ2v) is 10.2. The average Bonchev–Trinajstić information content (AvgIpc) is 3.24. The number of ether oxygens (including phenoxy) is 1. The van der Waals surface area contributed by atoms with E-state index in [4.69, 9.17) is 9.84 Å². The molecular weight excluding hydrogens is 452 g/mol. The minimum atomic E-state index is -0.273. The molecule has 0 atom stereocenters. The normalized spacial score (nSPS) is 11.4. The number of benzene rings is 2. The van der Waals surface area contributed by atoms with Crippen LogP contribution in [0.25, 0.3) is 5.69 Å². The van der Waals surface area contributed by atoms with Crippen molar-refractivity contribution in [3.05, 3.63) is 77.0 Å². The van der Waals surface area contributed by atoms with Crippen LogP contribution >= 0.6 is 0 Å². The van der Waals surface area contributed by atoms with Crippen LogP contribution in [0.2, 0.25) is 0 Å². The molecule has 0 saturated heterocycles. The average molecular weight is 491 g/mol. The van der Waals surface area contributed by atoms with E-state index in [1.54, 1.807) is 16.7 Å². The molecule has 7 nitrogen and oxygen atoms in total. The summed E-state index contributed by atoms with van der Waals surface area (Å²) in [5, 5.41) is 7.83. The summed E-state index contributed by atoms with van der Waals surface area (Å²) in [5.74, 6) is 0.232. The van der Waals surface area contributed by atoms with Crippen LogP contribution in [0.1, 0.15) is 49.6 Å². The molecule has 3 aromatic rings. The van der Waals surface area contributed by atoms with E-state index >= 15 is 0 Å². The Labute approximate surface area is 214 Å². The number of aryl methyl sites for hydroxylation is 3. The molecule has 0 spiro atoms. The van der Waals surface area contributed by atoms with Crippen molar-refractivity contribution in [2.45, 2.75) is 52.9 Å². The number of hydrogen-bond acceptors (Lipinski definition) is 4. The van der Waals surface area contributed by atoms with Gasteiger partial charge in [-0.1, -0.05) is 68.8 Å². The lowest BCUT2D eigenvalue weighted by molar-refractivity contribution is -0.135. The van der Waals surface area contributed by atoms with Crippen LogP contribution in [0.3, 0.4) is 0 Å². The van der Waals surface area contributed by atoms with Crippen LogP contribution in [0.15, 0.2) is 54.6 Å². The molecule has 0 unspecified atom stereocenters. The Morgan fingerprint density at radius 3 is 2.42 bits per heavy atom. The fraction of sp³-hybridized carbons (Fsp3) is 0.414. The quantitative estimate of drug-likeness (QED) is 0.442. The zero-order chi connectivity index (χ0) is 26.3. The van der Waals surface area contributed by atoms with Crippen molar-refractivity contribution in [3.63, 3.8) is 0 Å². The van der Waals surface area contributed by atoms with Crippen LogP contribution in [0.5, 0.6) is 0 Å². The zero-order valence-corrected chi connectivity index (χ0v) is 22.3. The third kappa shape index (κ3) is 7.28. The first kappa shape index (κ1) is 27.1. The largest absolute Gasteiger partial charge is 0.383 e. The molecule has 192 valence electrons. The molecule has 0 aliphatic carbocycles. The van der Waals surface area contributed by atoms with Gasteiger partial charge in [-0.15, -0.1) is 0 Å². The lowest BCUT2D eigenvalue weighted by atomic mass is 9.92. The van der Waals surface area contributed by atoms with E-state index in [9.17, 15) is 9.59 Å². The first-order valence-electron chi connectivity index (χ1n) is 12.4. The van der Waals surface area contributed by atoms with Gasteiger partial charge in [0.25, 0.3) is 0 Å². The predicted molar refractivity (Wildman–Crippen MR) is 144 cm³/mol. The number of carbonyl (C=O) groups is 2. The summed E-state index contributed by atoms with van der Waals surface area (Å²) in [6.07, 6.45) is 0.953. The summed E-state index contributed by atoms with van der Waals surface area (Å²) < 4.78 is 6.97. The van der Waals surface area contributed by atoms with Crippen LogP contribution in [0, 0.1) is 13.8 Å². The smallest absolute Gasteiger partial charge is 0.245 e. The van der Waals surface area contributed by atoms with Gasteiger partial charge in [0.15, 0.2) is 0 Å². The van der Waals surface area contributed by atoms with Crippen LogP contribution < -0.4 is 5.32 Å². The van der Waals surface area contributed by atoms with E-state index in [0.29, 0.717) is 31.8 Å². The summed E-state index contributed by atoms with van der Waals surface area (Å²) in [4.78, 5) is 27.7. The van der Waals surface area contributed by atoms with E-state index < -0.39 is 0 Å². The maximum Gasteiger partial charge on any atom is 0.245 e. The molecule has 1 heterocycles. The molecule has 1 aromatic heterocycles. The van der Waals surface area contributed by atoms with Crippen LogP contribution in [-0.2, 0) is 26.2 Å². The van der Waals surface area contributed by atoms with Gasteiger partial charge >= 0.3 is 0 Å². The van der Waals surface area contributed by atoms with Gasteiger partial charge in [0, 0.05) is 31.6 Å². The van der Waals surface area contributed by atoms with Gasteiger partial charge in [-0.25, -0.2) is 4.68 Å². The summed E-state index contributed by atoms with van der Waals surface area (Å²) in [7, 11) is 1.59. The Hall–Kier alpha value is -3.45. The van der Waals surface area contributed by atoms with Crippen LogP contribution in [-0.4, -0.2) is 53.3 Å². The van der Waals surface area contributed by atoms with Crippen molar-refractivity contribution >= 4 is 17.6 Å². The van der Waals surface area contributed by atoms with Gasteiger partial charge in [-0.05, 0) is 37.5 Å². The molecule has 2 amide bonds. The number of carbonyl (C=O) groups excluding carboxylic acids is 2. The second kappa shape index (κ2) is 12.0. The molecule has 3 rings (SSSR count). The highest BCUT2D eigenvalue weighted by Crippen LogP contribution is 2.27. The Morgan fingerprint density at radius 1 is 1.06 bits per heavy atom. The highest BCUT2D eigenvalue weighted by Gasteiger charge is 2.23. The van der Waals surface area contributed by atoms with Gasteiger partial charge in [-0.3, -0.25) is 9.59 Å². The minimum Gasteiger partial charge on any atom is -0.383 e. The number of nitrogens with one attached hydrogen (secondary N) is 1. The molecular formula is C29H38N4O3. The molecule has 0 aliphatic rings.